The molecule has 0 heterocycles. The van der Waals surface area contributed by atoms with E-state index in [1.807, 2.05) is 6.92 Å². The summed E-state index contributed by atoms with van der Waals surface area (Å²) in [6.45, 7) is 9.57. The second-order valence-corrected chi connectivity index (χ2v) is 5.61. The van der Waals surface area contributed by atoms with E-state index in [0.29, 0.717) is 12.4 Å². The van der Waals surface area contributed by atoms with Gasteiger partial charge in [-0.25, -0.2) is 0 Å². The van der Waals surface area contributed by atoms with Crippen molar-refractivity contribution < 1.29 is 9.66 Å². The molecule has 5 heteroatoms. The standard InChI is InChI=1S/C14H22N2O3/c1-5-19-13-10-11(6-7-12(13)16(17)18)15-9-8-14(2,3)4/h6-7,10,15H,5,8-9H2,1-4H3. The second kappa shape index (κ2) is 6.41. The molecular weight excluding hydrogens is 244 g/mol. The van der Waals surface area contributed by atoms with Crippen molar-refractivity contribution in [1.82, 2.24) is 0 Å². The van der Waals surface area contributed by atoms with Crippen LogP contribution in [-0.4, -0.2) is 18.1 Å². The minimum absolute atomic E-state index is 0.00298. The lowest BCUT2D eigenvalue weighted by Gasteiger charge is -2.18. The first-order valence-corrected chi connectivity index (χ1v) is 6.48. The quantitative estimate of drug-likeness (QED) is 0.627. The third kappa shape index (κ3) is 5.16. The molecule has 0 aliphatic carbocycles. The van der Waals surface area contributed by atoms with Gasteiger partial charge in [-0.1, -0.05) is 20.8 Å². The Balaban J connectivity index is 2.75. The highest BCUT2D eigenvalue weighted by molar-refractivity contribution is 5.57. The van der Waals surface area contributed by atoms with Crippen molar-refractivity contribution in [1.29, 1.82) is 0 Å². The van der Waals surface area contributed by atoms with E-state index in [9.17, 15) is 10.1 Å². The lowest BCUT2D eigenvalue weighted by Crippen LogP contribution is -2.12. The zero-order chi connectivity index (χ0) is 14.5. The van der Waals surface area contributed by atoms with Gasteiger partial charge in [0, 0.05) is 24.4 Å². The number of nitro benzene ring substituents is 1. The Bertz CT molecular complexity index is 439. The van der Waals surface area contributed by atoms with Crippen LogP contribution in [0.1, 0.15) is 34.1 Å². The number of rotatable bonds is 6. The number of hydrogen-bond donors (Lipinski definition) is 1. The number of ether oxygens (including phenoxy) is 1. The highest BCUT2D eigenvalue weighted by Gasteiger charge is 2.15. The van der Waals surface area contributed by atoms with Crippen molar-refractivity contribution in [2.45, 2.75) is 34.1 Å². The molecule has 0 aromatic heterocycles. The number of anilines is 1. The van der Waals surface area contributed by atoms with E-state index in [-0.39, 0.29) is 11.1 Å². The predicted octanol–water partition coefficient (Wildman–Crippen LogP) is 3.84. The third-order valence-corrected chi connectivity index (χ3v) is 2.66. The summed E-state index contributed by atoms with van der Waals surface area (Å²) < 4.78 is 5.30. The third-order valence-electron chi connectivity index (χ3n) is 2.66. The summed E-state index contributed by atoms with van der Waals surface area (Å²) in [5, 5.41) is 14.1. The molecule has 1 N–H and O–H groups in total. The maximum Gasteiger partial charge on any atom is 0.311 e. The maximum absolute atomic E-state index is 10.9. The van der Waals surface area contributed by atoms with Gasteiger partial charge in [0.15, 0.2) is 5.75 Å². The van der Waals surface area contributed by atoms with Crippen LogP contribution in [0.15, 0.2) is 18.2 Å². The molecule has 106 valence electrons. The summed E-state index contributed by atoms with van der Waals surface area (Å²) in [6.07, 6.45) is 1.02. The van der Waals surface area contributed by atoms with Crippen molar-refractivity contribution in [3.8, 4) is 5.75 Å². The topological polar surface area (TPSA) is 64.4 Å². The monoisotopic (exact) mass is 266 g/mol. The number of benzene rings is 1. The summed E-state index contributed by atoms with van der Waals surface area (Å²) >= 11 is 0. The molecule has 0 aliphatic heterocycles. The Morgan fingerprint density at radius 1 is 1.37 bits per heavy atom. The highest BCUT2D eigenvalue weighted by atomic mass is 16.6. The molecule has 1 rings (SSSR count). The van der Waals surface area contributed by atoms with Gasteiger partial charge >= 0.3 is 5.69 Å². The van der Waals surface area contributed by atoms with Crippen molar-refractivity contribution in [2.24, 2.45) is 5.41 Å². The highest BCUT2D eigenvalue weighted by Crippen LogP contribution is 2.30. The molecule has 5 nitrogen and oxygen atoms in total. The molecule has 0 bridgehead atoms. The van der Waals surface area contributed by atoms with Crippen LogP contribution in [0.2, 0.25) is 0 Å². The van der Waals surface area contributed by atoms with E-state index in [1.165, 1.54) is 6.07 Å². The van der Waals surface area contributed by atoms with E-state index < -0.39 is 4.92 Å². The molecule has 0 amide bonds. The maximum atomic E-state index is 10.9. The van der Waals surface area contributed by atoms with Gasteiger partial charge in [-0.15, -0.1) is 0 Å². The summed E-state index contributed by atoms with van der Waals surface area (Å²) in [5.41, 5.74) is 1.11. The molecule has 0 saturated heterocycles. The average Bonchev–Trinajstić information content (AvgIpc) is 2.27. The van der Waals surface area contributed by atoms with Crippen LogP contribution < -0.4 is 10.1 Å². The van der Waals surface area contributed by atoms with Crippen molar-refractivity contribution in [2.75, 3.05) is 18.5 Å². The Morgan fingerprint density at radius 2 is 2.05 bits per heavy atom. The molecule has 0 spiro atoms. The summed E-state index contributed by atoms with van der Waals surface area (Å²) in [6, 6.07) is 4.87. The molecular formula is C14H22N2O3. The molecule has 1 aromatic carbocycles. The molecule has 0 aliphatic rings. The Labute approximate surface area is 114 Å². The molecule has 0 fully saturated rings. The molecule has 1 aromatic rings. The van der Waals surface area contributed by atoms with Crippen LogP contribution in [0, 0.1) is 15.5 Å². The lowest BCUT2D eigenvalue weighted by molar-refractivity contribution is -0.385. The van der Waals surface area contributed by atoms with Crippen molar-refractivity contribution >= 4 is 11.4 Å². The molecule has 0 unspecified atom stereocenters. The van der Waals surface area contributed by atoms with E-state index in [2.05, 4.69) is 26.1 Å². The van der Waals surface area contributed by atoms with Crippen LogP contribution in [0.3, 0.4) is 0 Å². The Kier molecular flexibility index (Phi) is 5.15. The van der Waals surface area contributed by atoms with Gasteiger partial charge in [0.25, 0.3) is 0 Å². The average molecular weight is 266 g/mol. The van der Waals surface area contributed by atoms with Crippen LogP contribution in [0.25, 0.3) is 0 Å². The van der Waals surface area contributed by atoms with Gasteiger partial charge in [0.2, 0.25) is 0 Å². The van der Waals surface area contributed by atoms with Gasteiger partial charge in [-0.2, -0.15) is 0 Å². The lowest BCUT2D eigenvalue weighted by atomic mass is 9.92. The zero-order valence-corrected chi connectivity index (χ0v) is 12.0. The minimum atomic E-state index is -0.427. The zero-order valence-electron chi connectivity index (χ0n) is 12.0. The number of nitrogens with zero attached hydrogens (tertiary/aromatic N) is 1. The van der Waals surface area contributed by atoms with Crippen LogP contribution >= 0.6 is 0 Å². The van der Waals surface area contributed by atoms with Gasteiger partial charge in [0.1, 0.15) is 0 Å². The Hall–Kier alpha value is -1.78. The number of nitrogens with one attached hydrogen (secondary N) is 1. The van der Waals surface area contributed by atoms with Crippen molar-refractivity contribution in [3.05, 3.63) is 28.3 Å². The van der Waals surface area contributed by atoms with Crippen LogP contribution in [0.5, 0.6) is 5.75 Å². The summed E-state index contributed by atoms with van der Waals surface area (Å²) in [4.78, 5) is 10.4. The van der Waals surface area contributed by atoms with E-state index in [0.717, 1.165) is 18.7 Å². The van der Waals surface area contributed by atoms with E-state index in [4.69, 9.17) is 4.74 Å². The van der Waals surface area contributed by atoms with E-state index >= 15 is 0 Å². The smallest absolute Gasteiger partial charge is 0.311 e. The fourth-order valence-corrected chi connectivity index (χ4v) is 1.63. The molecule has 0 atom stereocenters. The summed E-state index contributed by atoms with van der Waals surface area (Å²) in [7, 11) is 0. The minimum Gasteiger partial charge on any atom is -0.487 e. The first kappa shape index (κ1) is 15.3. The Morgan fingerprint density at radius 3 is 2.58 bits per heavy atom. The number of nitro groups is 1. The summed E-state index contributed by atoms with van der Waals surface area (Å²) in [5.74, 6) is 0.313. The van der Waals surface area contributed by atoms with Gasteiger partial charge in [-0.05, 0) is 24.8 Å². The van der Waals surface area contributed by atoms with Crippen LogP contribution in [-0.2, 0) is 0 Å². The van der Waals surface area contributed by atoms with Crippen molar-refractivity contribution in [3.63, 3.8) is 0 Å². The van der Waals surface area contributed by atoms with Crippen LogP contribution in [0.4, 0.5) is 11.4 Å². The first-order valence-electron chi connectivity index (χ1n) is 6.48. The molecule has 19 heavy (non-hydrogen) atoms. The normalized spacial score (nSPS) is 11.2. The fourth-order valence-electron chi connectivity index (χ4n) is 1.63. The molecule has 0 saturated carbocycles. The number of hydrogen-bond acceptors (Lipinski definition) is 4. The van der Waals surface area contributed by atoms with E-state index in [1.54, 1.807) is 12.1 Å². The fraction of sp³-hybridized carbons (Fsp3) is 0.571. The second-order valence-electron chi connectivity index (χ2n) is 5.61. The van der Waals surface area contributed by atoms with Gasteiger partial charge in [0.05, 0.1) is 11.5 Å². The van der Waals surface area contributed by atoms with Gasteiger partial charge in [-0.3, -0.25) is 10.1 Å². The van der Waals surface area contributed by atoms with Gasteiger partial charge < -0.3 is 10.1 Å². The predicted molar refractivity (Wildman–Crippen MR) is 76.8 cm³/mol. The SMILES string of the molecule is CCOc1cc(NCCC(C)(C)C)ccc1[N+](=O)[O-]. The molecule has 0 radical (unpaired) electrons. The largest absolute Gasteiger partial charge is 0.487 e. The first-order chi connectivity index (χ1) is 8.83.